The molecule has 18 heavy (non-hydrogen) atoms. The van der Waals surface area contributed by atoms with E-state index in [0.717, 1.165) is 6.26 Å². The number of carboxylic acids is 1. The molecule has 0 aliphatic rings. The van der Waals surface area contributed by atoms with Crippen LogP contribution in [0.1, 0.15) is 16.1 Å². The Labute approximate surface area is 105 Å². The molecule has 0 aliphatic heterocycles. The number of carboxylic acid groups (broad SMARTS) is 1. The predicted molar refractivity (Wildman–Crippen MR) is 65.1 cm³/mol. The number of anilines is 1. The van der Waals surface area contributed by atoms with Gasteiger partial charge in [-0.05, 0) is 6.92 Å². The molecule has 3 N–H and O–H groups in total. The van der Waals surface area contributed by atoms with Crippen LogP contribution in [0.15, 0.2) is 6.20 Å². The van der Waals surface area contributed by atoms with Crippen molar-refractivity contribution in [2.45, 2.75) is 6.92 Å². The molecule has 1 aromatic heterocycles. The summed E-state index contributed by atoms with van der Waals surface area (Å²) in [6.07, 6.45) is 2.27. The second-order valence-electron chi connectivity index (χ2n) is 3.59. The van der Waals surface area contributed by atoms with E-state index >= 15 is 0 Å². The average Bonchev–Trinajstić information content (AvgIpc) is 2.22. The van der Waals surface area contributed by atoms with Crippen LogP contribution in [0.25, 0.3) is 0 Å². The number of nitrogens with zero attached hydrogens (tertiary/aromatic N) is 2. The molecule has 0 aliphatic carbocycles. The lowest BCUT2D eigenvalue weighted by molar-refractivity contribution is 0.0695. The molecule has 1 aromatic rings. The highest BCUT2D eigenvalue weighted by Crippen LogP contribution is 2.06. The Morgan fingerprint density at radius 3 is 2.61 bits per heavy atom. The molecule has 0 saturated carbocycles. The van der Waals surface area contributed by atoms with E-state index in [0.29, 0.717) is 12.2 Å². The fourth-order valence-electron chi connectivity index (χ4n) is 1.17. The van der Waals surface area contributed by atoms with Crippen LogP contribution in [0.2, 0.25) is 0 Å². The maximum absolute atomic E-state index is 10.8. The molecular weight excluding hydrogens is 260 g/mol. The van der Waals surface area contributed by atoms with Gasteiger partial charge in [-0.3, -0.25) is 0 Å². The average molecular weight is 274 g/mol. The van der Waals surface area contributed by atoms with Gasteiger partial charge in [-0.25, -0.2) is 27.9 Å². The fourth-order valence-corrected chi connectivity index (χ4v) is 1.65. The lowest BCUT2D eigenvalue weighted by atomic mass is 10.2. The summed E-state index contributed by atoms with van der Waals surface area (Å²) in [4.78, 5) is 18.5. The van der Waals surface area contributed by atoms with Crippen LogP contribution in [0.3, 0.4) is 0 Å². The first-order valence-electron chi connectivity index (χ1n) is 5.05. The van der Waals surface area contributed by atoms with Crippen LogP contribution < -0.4 is 10.0 Å². The van der Waals surface area contributed by atoms with Gasteiger partial charge in [0.1, 0.15) is 0 Å². The van der Waals surface area contributed by atoms with Gasteiger partial charge in [0.2, 0.25) is 16.0 Å². The van der Waals surface area contributed by atoms with E-state index < -0.39 is 16.0 Å². The minimum Gasteiger partial charge on any atom is -0.478 e. The molecule has 0 amide bonds. The molecule has 0 bridgehead atoms. The second-order valence-corrected chi connectivity index (χ2v) is 5.42. The monoisotopic (exact) mass is 274 g/mol. The molecule has 9 heteroatoms. The quantitative estimate of drug-likeness (QED) is 0.595. The summed E-state index contributed by atoms with van der Waals surface area (Å²) in [6.45, 7) is 2.06. The highest BCUT2D eigenvalue weighted by atomic mass is 32.2. The molecule has 1 heterocycles. The second kappa shape index (κ2) is 5.74. The molecule has 100 valence electrons. The fraction of sp³-hybridized carbons (Fsp3) is 0.444. The number of carbonyl (C=O) groups is 1. The van der Waals surface area contributed by atoms with Crippen molar-refractivity contribution in [3.05, 3.63) is 17.5 Å². The molecule has 0 aromatic carbocycles. The maximum atomic E-state index is 10.8. The summed E-state index contributed by atoms with van der Waals surface area (Å²) >= 11 is 0. The number of rotatable bonds is 6. The van der Waals surface area contributed by atoms with Crippen molar-refractivity contribution < 1.29 is 18.3 Å². The van der Waals surface area contributed by atoms with E-state index in [2.05, 4.69) is 20.0 Å². The largest absolute Gasteiger partial charge is 0.478 e. The van der Waals surface area contributed by atoms with Crippen LogP contribution >= 0.6 is 0 Å². The van der Waals surface area contributed by atoms with Crippen LogP contribution in [0, 0.1) is 6.92 Å². The van der Waals surface area contributed by atoms with Gasteiger partial charge in [-0.15, -0.1) is 0 Å². The standard InChI is InChI=1S/C9H14N4O4S/c1-6-7(8(14)15)5-11-9(13-6)10-3-4-12-18(2,16)17/h5,12H,3-4H2,1-2H3,(H,14,15)(H,10,11,13). The zero-order valence-electron chi connectivity index (χ0n) is 9.97. The van der Waals surface area contributed by atoms with Crippen molar-refractivity contribution in [1.82, 2.24) is 14.7 Å². The summed E-state index contributed by atoms with van der Waals surface area (Å²) in [5, 5.41) is 11.6. The van der Waals surface area contributed by atoms with Crippen LogP contribution in [-0.2, 0) is 10.0 Å². The topological polar surface area (TPSA) is 121 Å². The van der Waals surface area contributed by atoms with Gasteiger partial charge in [0, 0.05) is 19.3 Å². The van der Waals surface area contributed by atoms with E-state index in [-0.39, 0.29) is 18.1 Å². The molecule has 0 fully saturated rings. The number of sulfonamides is 1. The SMILES string of the molecule is Cc1nc(NCCNS(C)(=O)=O)ncc1C(=O)O. The molecule has 0 unspecified atom stereocenters. The smallest absolute Gasteiger partial charge is 0.339 e. The summed E-state index contributed by atoms with van der Waals surface area (Å²) in [5.74, 6) is -0.828. The third-order valence-corrected chi connectivity index (χ3v) is 2.71. The first-order chi connectivity index (χ1) is 8.29. The maximum Gasteiger partial charge on any atom is 0.339 e. The molecule has 1 rings (SSSR count). The molecular formula is C9H14N4O4S. The molecule has 0 radical (unpaired) electrons. The highest BCUT2D eigenvalue weighted by Gasteiger charge is 2.09. The van der Waals surface area contributed by atoms with E-state index in [4.69, 9.17) is 5.11 Å². The van der Waals surface area contributed by atoms with Crippen LogP contribution in [0.4, 0.5) is 5.95 Å². The van der Waals surface area contributed by atoms with Gasteiger partial charge in [0.25, 0.3) is 0 Å². The van der Waals surface area contributed by atoms with E-state index in [9.17, 15) is 13.2 Å². The number of aryl methyl sites for hydroxylation is 1. The van der Waals surface area contributed by atoms with Gasteiger partial charge in [0.05, 0.1) is 17.5 Å². The molecule has 0 spiro atoms. The van der Waals surface area contributed by atoms with Crippen molar-refractivity contribution in [1.29, 1.82) is 0 Å². The number of aromatic nitrogens is 2. The van der Waals surface area contributed by atoms with Crippen molar-refractivity contribution in [3.63, 3.8) is 0 Å². The van der Waals surface area contributed by atoms with Crippen molar-refractivity contribution in [2.24, 2.45) is 0 Å². The molecule has 8 nitrogen and oxygen atoms in total. The van der Waals surface area contributed by atoms with Gasteiger partial charge < -0.3 is 10.4 Å². The van der Waals surface area contributed by atoms with Crippen molar-refractivity contribution in [2.75, 3.05) is 24.7 Å². The van der Waals surface area contributed by atoms with Gasteiger partial charge in [-0.1, -0.05) is 0 Å². The highest BCUT2D eigenvalue weighted by molar-refractivity contribution is 7.88. The lowest BCUT2D eigenvalue weighted by Crippen LogP contribution is -2.28. The number of hydrogen-bond acceptors (Lipinski definition) is 6. The van der Waals surface area contributed by atoms with Crippen molar-refractivity contribution in [3.8, 4) is 0 Å². The van der Waals surface area contributed by atoms with E-state index in [1.807, 2.05) is 0 Å². The Morgan fingerprint density at radius 1 is 1.44 bits per heavy atom. The van der Waals surface area contributed by atoms with Crippen LogP contribution in [-0.4, -0.2) is 48.8 Å². The Balaban J connectivity index is 2.54. The molecule has 0 atom stereocenters. The van der Waals surface area contributed by atoms with Gasteiger partial charge >= 0.3 is 5.97 Å². The van der Waals surface area contributed by atoms with E-state index in [1.165, 1.54) is 6.20 Å². The number of nitrogens with one attached hydrogen (secondary N) is 2. The summed E-state index contributed by atoms with van der Waals surface area (Å²) in [7, 11) is -3.21. The van der Waals surface area contributed by atoms with Gasteiger partial charge in [0.15, 0.2) is 0 Å². The third kappa shape index (κ3) is 4.63. The number of aromatic carboxylic acids is 1. The Kier molecular flexibility index (Phi) is 4.56. The normalized spacial score (nSPS) is 11.2. The minimum absolute atomic E-state index is 0.0369. The molecule has 0 saturated heterocycles. The van der Waals surface area contributed by atoms with Crippen molar-refractivity contribution >= 4 is 21.9 Å². The Morgan fingerprint density at radius 2 is 2.11 bits per heavy atom. The Bertz CT molecular complexity index is 543. The van der Waals surface area contributed by atoms with E-state index in [1.54, 1.807) is 6.92 Å². The zero-order chi connectivity index (χ0) is 13.8. The van der Waals surface area contributed by atoms with Crippen LogP contribution in [0.5, 0.6) is 0 Å². The summed E-state index contributed by atoms with van der Waals surface area (Å²) in [6, 6.07) is 0. The third-order valence-electron chi connectivity index (χ3n) is 1.98. The van der Waals surface area contributed by atoms with Gasteiger partial charge in [-0.2, -0.15) is 0 Å². The minimum atomic E-state index is -3.21. The first-order valence-corrected chi connectivity index (χ1v) is 6.94. The zero-order valence-corrected chi connectivity index (χ0v) is 10.8. The predicted octanol–water partition coefficient (Wildman–Crippen LogP) is -0.556. The Hall–Kier alpha value is -1.74. The first kappa shape index (κ1) is 14.3. The lowest BCUT2D eigenvalue weighted by Gasteiger charge is -2.06. The summed E-state index contributed by atoms with van der Waals surface area (Å²) < 4.78 is 23.9. The number of hydrogen-bond donors (Lipinski definition) is 3. The summed E-state index contributed by atoms with van der Waals surface area (Å²) in [5.41, 5.74) is 0.380.